The zero-order chi connectivity index (χ0) is 11.7. The lowest BCUT2D eigenvalue weighted by Gasteiger charge is -2.17. The number of imide groups is 2. The zero-order valence-corrected chi connectivity index (χ0v) is 8.77. The molecule has 86 valence electrons. The van der Waals surface area contributed by atoms with Crippen molar-refractivity contribution >= 4 is 23.6 Å². The third-order valence-corrected chi connectivity index (χ3v) is 2.82. The Morgan fingerprint density at radius 3 is 1.44 bits per heavy atom. The molecule has 4 amide bonds. The van der Waals surface area contributed by atoms with Crippen molar-refractivity contribution in [3.8, 4) is 0 Å². The van der Waals surface area contributed by atoms with Gasteiger partial charge in [-0.25, -0.2) is 0 Å². The van der Waals surface area contributed by atoms with Crippen molar-refractivity contribution in [3.05, 3.63) is 0 Å². The quantitative estimate of drug-likeness (QED) is 0.509. The van der Waals surface area contributed by atoms with Crippen LogP contribution in [0.5, 0.6) is 0 Å². The minimum atomic E-state index is -0.863. The fourth-order valence-electron chi connectivity index (χ4n) is 1.96. The minimum absolute atomic E-state index is 0.283. The predicted molar refractivity (Wildman–Crippen MR) is 51.9 cm³/mol. The maximum Gasteiger partial charge on any atom is 0.319 e. The molecule has 0 atom stereocenters. The van der Waals surface area contributed by atoms with Gasteiger partial charge in [-0.15, -0.1) is 0 Å². The Kier molecular flexibility index (Phi) is 2.72. The maximum absolute atomic E-state index is 11.6. The molecule has 0 saturated carbocycles. The molecule has 0 radical (unpaired) electrons. The Balaban J connectivity index is 2.07. The van der Waals surface area contributed by atoms with E-state index in [0.29, 0.717) is 25.7 Å². The van der Waals surface area contributed by atoms with E-state index >= 15 is 0 Å². The molecular weight excluding hydrogens is 212 g/mol. The first-order valence-corrected chi connectivity index (χ1v) is 5.30. The van der Waals surface area contributed by atoms with E-state index in [2.05, 4.69) is 0 Å². The van der Waals surface area contributed by atoms with Crippen LogP contribution in [0.4, 0.5) is 0 Å². The number of carbonyl (C=O) groups excluding carboxylic acids is 4. The highest BCUT2D eigenvalue weighted by molar-refractivity contribution is 6.40. The van der Waals surface area contributed by atoms with Crippen LogP contribution in [0.1, 0.15) is 25.7 Å². The summed E-state index contributed by atoms with van der Waals surface area (Å²) in [6, 6.07) is 0. The molecule has 2 heterocycles. The van der Waals surface area contributed by atoms with Crippen LogP contribution in [0.2, 0.25) is 0 Å². The van der Waals surface area contributed by atoms with Crippen LogP contribution in [0.25, 0.3) is 0 Å². The molecule has 0 aromatic heterocycles. The Morgan fingerprint density at radius 1 is 0.812 bits per heavy atom. The van der Waals surface area contributed by atoms with E-state index in [9.17, 15) is 19.2 Å². The van der Waals surface area contributed by atoms with Gasteiger partial charge >= 0.3 is 11.8 Å². The van der Waals surface area contributed by atoms with Gasteiger partial charge in [-0.05, 0) is 12.8 Å². The molecule has 2 aliphatic heterocycles. The van der Waals surface area contributed by atoms with E-state index in [0.717, 1.165) is 9.80 Å². The van der Waals surface area contributed by atoms with Gasteiger partial charge in [0.1, 0.15) is 0 Å². The Bertz CT molecular complexity index is 341. The maximum atomic E-state index is 11.6. The highest BCUT2D eigenvalue weighted by atomic mass is 16.2. The molecule has 2 aliphatic rings. The van der Waals surface area contributed by atoms with E-state index in [1.165, 1.54) is 0 Å². The SMILES string of the molecule is O=C1CCCN1C(=O)C(=O)N1CCCC1=O. The molecule has 0 unspecified atom stereocenters. The molecule has 0 aromatic rings. The summed E-state index contributed by atoms with van der Waals surface area (Å²) in [4.78, 5) is 47.7. The molecule has 0 bridgehead atoms. The van der Waals surface area contributed by atoms with Crippen molar-refractivity contribution in [3.63, 3.8) is 0 Å². The zero-order valence-electron chi connectivity index (χ0n) is 8.77. The fraction of sp³-hybridized carbons (Fsp3) is 0.600. The van der Waals surface area contributed by atoms with Gasteiger partial charge in [0, 0.05) is 25.9 Å². The van der Waals surface area contributed by atoms with Crippen LogP contribution in [-0.4, -0.2) is 46.5 Å². The van der Waals surface area contributed by atoms with Crippen molar-refractivity contribution < 1.29 is 19.2 Å². The van der Waals surface area contributed by atoms with Crippen molar-refractivity contribution in [1.82, 2.24) is 9.80 Å². The second-order valence-corrected chi connectivity index (χ2v) is 3.91. The summed E-state index contributed by atoms with van der Waals surface area (Å²) in [5, 5.41) is 0. The van der Waals surface area contributed by atoms with Crippen LogP contribution >= 0.6 is 0 Å². The summed E-state index contributed by atoms with van der Waals surface area (Å²) < 4.78 is 0. The summed E-state index contributed by atoms with van der Waals surface area (Å²) >= 11 is 0. The molecule has 2 fully saturated rings. The van der Waals surface area contributed by atoms with Gasteiger partial charge < -0.3 is 0 Å². The molecule has 6 heteroatoms. The number of amides is 4. The standard InChI is InChI=1S/C10H12N2O4/c13-7-3-1-5-11(7)9(15)10(16)12-6-2-4-8(12)14/h1-6H2. The Morgan fingerprint density at radius 2 is 1.19 bits per heavy atom. The molecule has 6 nitrogen and oxygen atoms in total. The average molecular weight is 224 g/mol. The van der Waals surface area contributed by atoms with Gasteiger partial charge in [0.15, 0.2) is 0 Å². The lowest BCUT2D eigenvalue weighted by atomic mass is 10.4. The second kappa shape index (κ2) is 4.03. The van der Waals surface area contributed by atoms with E-state index in [1.54, 1.807) is 0 Å². The largest absolute Gasteiger partial charge is 0.319 e. The number of hydrogen-bond donors (Lipinski definition) is 0. The molecule has 0 aromatic carbocycles. The summed E-state index contributed by atoms with van der Waals surface area (Å²) in [5.74, 6) is -2.38. The fourth-order valence-corrected chi connectivity index (χ4v) is 1.96. The molecular formula is C10H12N2O4. The van der Waals surface area contributed by atoms with Crippen LogP contribution in [-0.2, 0) is 19.2 Å². The predicted octanol–water partition coefficient (Wildman–Crippen LogP) is -0.716. The highest BCUT2D eigenvalue weighted by Gasteiger charge is 2.37. The summed E-state index contributed by atoms with van der Waals surface area (Å²) in [6.45, 7) is 0.566. The van der Waals surface area contributed by atoms with Gasteiger partial charge in [0.05, 0.1) is 0 Å². The average Bonchev–Trinajstić information content (AvgIpc) is 2.85. The van der Waals surface area contributed by atoms with Crippen LogP contribution in [0.15, 0.2) is 0 Å². The molecule has 2 rings (SSSR count). The molecule has 0 aliphatic carbocycles. The normalized spacial score (nSPS) is 20.8. The molecule has 0 spiro atoms. The third kappa shape index (κ3) is 1.70. The van der Waals surface area contributed by atoms with Crippen LogP contribution < -0.4 is 0 Å². The number of nitrogens with zero attached hydrogens (tertiary/aromatic N) is 2. The van der Waals surface area contributed by atoms with E-state index < -0.39 is 11.8 Å². The topological polar surface area (TPSA) is 74.8 Å². The number of hydrogen-bond acceptors (Lipinski definition) is 4. The molecule has 2 saturated heterocycles. The highest BCUT2D eigenvalue weighted by Crippen LogP contribution is 2.14. The van der Waals surface area contributed by atoms with Crippen LogP contribution in [0.3, 0.4) is 0 Å². The van der Waals surface area contributed by atoms with Gasteiger partial charge in [-0.2, -0.15) is 0 Å². The first-order chi connectivity index (χ1) is 7.61. The number of carbonyl (C=O) groups is 4. The summed E-state index contributed by atoms with van der Waals surface area (Å²) in [5.41, 5.74) is 0. The van der Waals surface area contributed by atoms with Crippen molar-refractivity contribution in [2.24, 2.45) is 0 Å². The second-order valence-electron chi connectivity index (χ2n) is 3.91. The summed E-state index contributed by atoms with van der Waals surface area (Å²) in [7, 11) is 0. The molecule has 0 N–H and O–H groups in total. The lowest BCUT2D eigenvalue weighted by Crippen LogP contribution is -2.46. The lowest BCUT2D eigenvalue weighted by molar-refractivity contribution is -0.157. The monoisotopic (exact) mass is 224 g/mol. The van der Waals surface area contributed by atoms with Gasteiger partial charge in [0.25, 0.3) is 0 Å². The minimum Gasteiger partial charge on any atom is -0.274 e. The van der Waals surface area contributed by atoms with Gasteiger partial charge in [-0.3, -0.25) is 29.0 Å². The number of likely N-dealkylation sites (tertiary alicyclic amines) is 2. The van der Waals surface area contributed by atoms with Gasteiger partial charge in [0.2, 0.25) is 11.8 Å². The van der Waals surface area contributed by atoms with Crippen molar-refractivity contribution in [2.45, 2.75) is 25.7 Å². The first-order valence-electron chi connectivity index (χ1n) is 5.30. The molecule has 16 heavy (non-hydrogen) atoms. The first kappa shape index (κ1) is 10.8. The van der Waals surface area contributed by atoms with Crippen LogP contribution in [0, 0.1) is 0 Å². The van der Waals surface area contributed by atoms with E-state index in [4.69, 9.17) is 0 Å². The third-order valence-electron chi connectivity index (χ3n) is 2.82. The van der Waals surface area contributed by atoms with E-state index in [1.807, 2.05) is 0 Å². The smallest absolute Gasteiger partial charge is 0.274 e. The van der Waals surface area contributed by atoms with Crippen molar-refractivity contribution in [1.29, 1.82) is 0 Å². The van der Waals surface area contributed by atoms with Gasteiger partial charge in [-0.1, -0.05) is 0 Å². The van der Waals surface area contributed by atoms with Crippen molar-refractivity contribution in [2.75, 3.05) is 13.1 Å². The number of rotatable bonds is 0. The summed E-state index contributed by atoms with van der Waals surface area (Å²) in [6.07, 6.45) is 1.78. The Labute approximate surface area is 92.2 Å². The van der Waals surface area contributed by atoms with E-state index in [-0.39, 0.29) is 24.9 Å². The Hall–Kier alpha value is -1.72.